The molecule has 128 valence electrons. The summed E-state index contributed by atoms with van der Waals surface area (Å²) < 4.78 is 4.16. The molecule has 0 aliphatic heterocycles. The molecule has 0 N–H and O–H groups in total. The molecule has 0 bridgehead atoms. The van der Waals surface area contributed by atoms with Gasteiger partial charge in [-0.15, -0.1) is 11.3 Å². The van der Waals surface area contributed by atoms with Crippen LogP contribution in [0.25, 0.3) is 43.8 Å². The normalized spacial score (nSPS) is 11.7. The summed E-state index contributed by atoms with van der Waals surface area (Å²) in [5.41, 5.74) is 5.31. The summed E-state index contributed by atoms with van der Waals surface area (Å²) in [6.45, 7) is 0. The van der Waals surface area contributed by atoms with Gasteiger partial charge in [-0.3, -0.25) is 0 Å². The number of halogens is 1. The fraction of sp³-hybridized carbons (Fsp3) is 0.100. The van der Waals surface area contributed by atoms with Crippen LogP contribution < -0.4 is 0 Å². The highest BCUT2D eigenvalue weighted by molar-refractivity contribution is 7.13. The van der Waals surface area contributed by atoms with Crippen molar-refractivity contribution >= 4 is 44.9 Å². The lowest BCUT2D eigenvalue weighted by Gasteiger charge is -1.96. The molecule has 0 aliphatic rings. The molecule has 4 heterocycles. The molecule has 26 heavy (non-hydrogen) atoms. The summed E-state index contributed by atoms with van der Waals surface area (Å²) in [4.78, 5) is 9.39. The summed E-state index contributed by atoms with van der Waals surface area (Å²) in [6, 6.07) is 10.0. The number of rotatable bonds is 2. The standard InChI is InChI=1S/C20H15ClN4S/c1-24-10-16(14-8-12(21)5-6-18(14)24)20-23-17(11-26-20)15-9-25(2)19-13(15)4-3-7-22-19/h3-11H,1-2H3. The summed E-state index contributed by atoms with van der Waals surface area (Å²) in [6.07, 6.45) is 6.03. The van der Waals surface area contributed by atoms with E-state index >= 15 is 0 Å². The Morgan fingerprint density at radius 2 is 1.85 bits per heavy atom. The number of aromatic nitrogens is 4. The molecule has 5 aromatic rings. The SMILES string of the molecule is Cn1cc(-c2nc(-c3cn(C)c4ncccc34)cs2)c2cc(Cl)ccc21. The van der Waals surface area contributed by atoms with E-state index in [1.807, 2.05) is 49.1 Å². The van der Waals surface area contributed by atoms with Gasteiger partial charge in [0.1, 0.15) is 10.7 Å². The van der Waals surface area contributed by atoms with Crippen LogP contribution in [0, 0.1) is 0 Å². The first-order chi connectivity index (χ1) is 12.6. The van der Waals surface area contributed by atoms with Crippen molar-refractivity contribution in [1.29, 1.82) is 0 Å². The van der Waals surface area contributed by atoms with Gasteiger partial charge in [0.2, 0.25) is 0 Å². The molecule has 0 saturated carbocycles. The van der Waals surface area contributed by atoms with Gasteiger partial charge >= 0.3 is 0 Å². The molecule has 0 saturated heterocycles. The number of aryl methyl sites for hydroxylation is 2. The van der Waals surface area contributed by atoms with Crippen molar-refractivity contribution in [3.8, 4) is 21.8 Å². The Labute approximate surface area is 159 Å². The monoisotopic (exact) mass is 378 g/mol. The highest BCUT2D eigenvalue weighted by atomic mass is 35.5. The third-order valence-electron chi connectivity index (χ3n) is 4.70. The molecule has 0 fully saturated rings. The van der Waals surface area contributed by atoms with Crippen LogP contribution in [0.15, 0.2) is 54.3 Å². The highest BCUT2D eigenvalue weighted by Gasteiger charge is 2.16. The van der Waals surface area contributed by atoms with Crippen molar-refractivity contribution < 1.29 is 0 Å². The largest absolute Gasteiger partial charge is 0.350 e. The van der Waals surface area contributed by atoms with Crippen molar-refractivity contribution in [2.45, 2.75) is 0 Å². The van der Waals surface area contributed by atoms with E-state index in [4.69, 9.17) is 16.6 Å². The summed E-state index contributed by atoms with van der Waals surface area (Å²) in [5, 5.41) is 6.09. The first kappa shape index (κ1) is 15.6. The Bertz CT molecular complexity index is 1280. The molecule has 0 atom stereocenters. The Balaban J connectivity index is 1.68. The van der Waals surface area contributed by atoms with Crippen LogP contribution in [0.4, 0.5) is 0 Å². The maximum Gasteiger partial charge on any atom is 0.140 e. The smallest absolute Gasteiger partial charge is 0.140 e. The lowest BCUT2D eigenvalue weighted by atomic mass is 10.1. The average Bonchev–Trinajstić information content (AvgIpc) is 3.32. The van der Waals surface area contributed by atoms with Gasteiger partial charge < -0.3 is 9.13 Å². The van der Waals surface area contributed by atoms with Gasteiger partial charge in [-0.05, 0) is 30.3 Å². The van der Waals surface area contributed by atoms with Gasteiger partial charge in [0.05, 0.1) is 5.69 Å². The zero-order valence-corrected chi connectivity index (χ0v) is 15.8. The molecular weight excluding hydrogens is 364 g/mol. The first-order valence-corrected chi connectivity index (χ1v) is 9.48. The van der Waals surface area contributed by atoms with Gasteiger partial charge in [0.15, 0.2) is 0 Å². The third-order valence-corrected chi connectivity index (χ3v) is 5.81. The van der Waals surface area contributed by atoms with Crippen molar-refractivity contribution in [3.05, 3.63) is 59.3 Å². The predicted octanol–water partition coefficient (Wildman–Crippen LogP) is 5.51. The molecule has 0 spiro atoms. The summed E-state index contributed by atoms with van der Waals surface area (Å²) in [5.74, 6) is 0. The zero-order chi connectivity index (χ0) is 17.8. The Kier molecular flexibility index (Phi) is 3.42. The number of hydrogen-bond acceptors (Lipinski definition) is 3. The molecule has 5 rings (SSSR count). The number of fused-ring (bicyclic) bond motifs is 2. The number of pyridine rings is 1. The molecule has 6 heteroatoms. The molecule has 4 nitrogen and oxygen atoms in total. The van der Waals surface area contributed by atoms with Crippen LogP contribution >= 0.6 is 22.9 Å². The molecular formula is C20H15ClN4S. The maximum absolute atomic E-state index is 6.22. The van der Waals surface area contributed by atoms with E-state index < -0.39 is 0 Å². The predicted molar refractivity (Wildman–Crippen MR) is 109 cm³/mol. The first-order valence-electron chi connectivity index (χ1n) is 8.23. The Morgan fingerprint density at radius 1 is 1.00 bits per heavy atom. The van der Waals surface area contributed by atoms with Crippen LogP contribution in [0.3, 0.4) is 0 Å². The topological polar surface area (TPSA) is 35.6 Å². The van der Waals surface area contributed by atoms with E-state index in [9.17, 15) is 0 Å². The number of hydrogen-bond donors (Lipinski definition) is 0. The van der Waals surface area contributed by atoms with E-state index in [2.05, 4.69) is 33.4 Å². The minimum atomic E-state index is 0.738. The van der Waals surface area contributed by atoms with Crippen molar-refractivity contribution in [3.63, 3.8) is 0 Å². The summed E-state index contributed by atoms with van der Waals surface area (Å²) >= 11 is 7.87. The number of benzene rings is 1. The van der Waals surface area contributed by atoms with Gasteiger partial charge in [-0.2, -0.15) is 0 Å². The van der Waals surface area contributed by atoms with Crippen molar-refractivity contribution in [1.82, 2.24) is 19.1 Å². The second-order valence-corrected chi connectivity index (χ2v) is 7.68. The van der Waals surface area contributed by atoms with Crippen molar-refractivity contribution in [2.75, 3.05) is 0 Å². The number of nitrogens with zero attached hydrogens (tertiary/aromatic N) is 4. The Hall–Kier alpha value is -2.63. The lowest BCUT2D eigenvalue weighted by molar-refractivity contribution is 0.949. The van der Waals surface area contributed by atoms with E-state index in [0.29, 0.717) is 0 Å². The fourth-order valence-corrected chi connectivity index (χ4v) is 4.49. The third kappa shape index (κ3) is 2.28. The Morgan fingerprint density at radius 3 is 2.73 bits per heavy atom. The minimum absolute atomic E-state index is 0.738. The zero-order valence-electron chi connectivity index (χ0n) is 14.3. The second-order valence-electron chi connectivity index (χ2n) is 6.38. The van der Waals surface area contributed by atoms with Crippen molar-refractivity contribution in [2.24, 2.45) is 14.1 Å². The van der Waals surface area contributed by atoms with Gasteiger partial charge in [-0.25, -0.2) is 9.97 Å². The van der Waals surface area contributed by atoms with Crippen LogP contribution in [0.2, 0.25) is 5.02 Å². The quantitative estimate of drug-likeness (QED) is 0.406. The molecule has 0 unspecified atom stereocenters. The summed E-state index contributed by atoms with van der Waals surface area (Å²) in [7, 11) is 4.06. The average molecular weight is 379 g/mol. The van der Waals surface area contributed by atoms with Crippen LogP contribution in [0.5, 0.6) is 0 Å². The number of thiazole rings is 1. The van der Waals surface area contributed by atoms with E-state index in [0.717, 1.165) is 48.8 Å². The van der Waals surface area contributed by atoms with Crippen LogP contribution in [-0.4, -0.2) is 19.1 Å². The van der Waals surface area contributed by atoms with E-state index in [-0.39, 0.29) is 0 Å². The molecule has 0 radical (unpaired) electrons. The maximum atomic E-state index is 6.22. The lowest BCUT2D eigenvalue weighted by Crippen LogP contribution is -1.85. The van der Waals surface area contributed by atoms with Crippen LogP contribution in [-0.2, 0) is 14.1 Å². The highest BCUT2D eigenvalue weighted by Crippen LogP contribution is 2.37. The second kappa shape index (κ2) is 5.69. The van der Waals surface area contributed by atoms with E-state index in [1.54, 1.807) is 11.3 Å². The van der Waals surface area contributed by atoms with Gasteiger partial charge in [0, 0.05) is 70.5 Å². The fourth-order valence-electron chi connectivity index (χ4n) is 3.47. The van der Waals surface area contributed by atoms with Gasteiger partial charge in [-0.1, -0.05) is 11.6 Å². The van der Waals surface area contributed by atoms with Crippen LogP contribution in [0.1, 0.15) is 0 Å². The molecule has 4 aromatic heterocycles. The van der Waals surface area contributed by atoms with E-state index in [1.165, 1.54) is 0 Å². The molecule has 0 aliphatic carbocycles. The minimum Gasteiger partial charge on any atom is -0.350 e. The molecule has 1 aromatic carbocycles. The molecule has 0 amide bonds. The van der Waals surface area contributed by atoms with Gasteiger partial charge in [0.25, 0.3) is 0 Å².